The van der Waals surface area contributed by atoms with Crippen molar-refractivity contribution in [1.29, 1.82) is 5.26 Å². The molecule has 0 spiro atoms. The predicted octanol–water partition coefficient (Wildman–Crippen LogP) is 2.87. The standard InChI is InChI=1S/C17H17N3S/c18-8-15-14-6-7-19-9-16(14)21-17(15)20-10-13(11-20)12-4-2-1-3-5-12/h1-5,13,19H,6-7,9-11H2. The van der Waals surface area contributed by atoms with Gasteiger partial charge in [0.05, 0.1) is 5.56 Å². The summed E-state index contributed by atoms with van der Waals surface area (Å²) in [6.07, 6.45) is 0.991. The fourth-order valence-electron chi connectivity index (χ4n) is 3.24. The molecular weight excluding hydrogens is 278 g/mol. The lowest BCUT2D eigenvalue weighted by Crippen LogP contribution is -2.44. The van der Waals surface area contributed by atoms with Crippen molar-refractivity contribution in [2.75, 3.05) is 24.5 Å². The molecule has 0 radical (unpaired) electrons. The van der Waals surface area contributed by atoms with Gasteiger partial charge >= 0.3 is 0 Å². The Morgan fingerprint density at radius 1 is 1.24 bits per heavy atom. The van der Waals surface area contributed by atoms with Crippen molar-refractivity contribution in [3.05, 3.63) is 51.9 Å². The fraction of sp³-hybridized carbons (Fsp3) is 0.353. The summed E-state index contributed by atoms with van der Waals surface area (Å²) in [5.74, 6) is 0.606. The molecule has 3 nitrogen and oxygen atoms in total. The van der Waals surface area contributed by atoms with Crippen LogP contribution in [0.4, 0.5) is 5.00 Å². The summed E-state index contributed by atoms with van der Waals surface area (Å²) >= 11 is 1.81. The zero-order valence-corrected chi connectivity index (χ0v) is 12.6. The molecule has 0 aliphatic carbocycles. The zero-order valence-electron chi connectivity index (χ0n) is 11.8. The molecule has 2 aromatic rings. The lowest BCUT2D eigenvalue weighted by Gasteiger charge is -2.40. The second-order valence-corrected chi connectivity index (χ2v) is 6.82. The van der Waals surface area contributed by atoms with Gasteiger partial charge in [-0.2, -0.15) is 5.26 Å². The van der Waals surface area contributed by atoms with Gasteiger partial charge in [-0.1, -0.05) is 30.3 Å². The molecule has 0 saturated carbocycles. The number of rotatable bonds is 2. The molecule has 21 heavy (non-hydrogen) atoms. The van der Waals surface area contributed by atoms with Crippen LogP contribution in [0.3, 0.4) is 0 Å². The van der Waals surface area contributed by atoms with Crippen LogP contribution in [0.1, 0.15) is 27.5 Å². The number of nitrogens with zero attached hydrogens (tertiary/aromatic N) is 2. The number of hydrogen-bond acceptors (Lipinski definition) is 4. The number of anilines is 1. The summed E-state index contributed by atoms with van der Waals surface area (Å²) in [6.45, 7) is 3.98. The Bertz CT molecular complexity index is 693. The first-order chi connectivity index (χ1) is 10.4. The van der Waals surface area contributed by atoms with E-state index in [1.165, 1.54) is 21.0 Å². The number of nitriles is 1. The van der Waals surface area contributed by atoms with Gasteiger partial charge in [0.1, 0.15) is 11.1 Å². The molecule has 1 aromatic carbocycles. The van der Waals surface area contributed by atoms with Crippen LogP contribution in [0.25, 0.3) is 0 Å². The van der Waals surface area contributed by atoms with E-state index in [2.05, 4.69) is 46.6 Å². The van der Waals surface area contributed by atoms with Crippen LogP contribution in [0.15, 0.2) is 30.3 Å². The van der Waals surface area contributed by atoms with Crippen LogP contribution in [0.5, 0.6) is 0 Å². The van der Waals surface area contributed by atoms with Gasteiger partial charge in [-0.3, -0.25) is 0 Å². The van der Waals surface area contributed by atoms with Crippen LogP contribution in [0.2, 0.25) is 0 Å². The number of nitrogens with one attached hydrogen (secondary N) is 1. The SMILES string of the molecule is N#Cc1c(N2CC(c3ccccc3)C2)sc2c1CCNC2. The molecule has 1 fully saturated rings. The van der Waals surface area contributed by atoms with E-state index in [4.69, 9.17) is 0 Å². The third kappa shape index (κ3) is 2.14. The first kappa shape index (κ1) is 12.9. The Morgan fingerprint density at radius 3 is 2.81 bits per heavy atom. The third-order valence-electron chi connectivity index (χ3n) is 4.46. The van der Waals surface area contributed by atoms with Gasteiger partial charge in [-0.15, -0.1) is 11.3 Å². The van der Waals surface area contributed by atoms with Crippen molar-refractivity contribution in [2.45, 2.75) is 18.9 Å². The van der Waals surface area contributed by atoms with Gasteiger partial charge in [0.15, 0.2) is 0 Å². The molecule has 0 unspecified atom stereocenters. The van der Waals surface area contributed by atoms with E-state index in [-0.39, 0.29) is 0 Å². The quantitative estimate of drug-likeness (QED) is 0.926. The van der Waals surface area contributed by atoms with Gasteiger partial charge in [0.2, 0.25) is 0 Å². The largest absolute Gasteiger partial charge is 0.361 e. The Kier molecular flexibility index (Phi) is 3.17. The Labute approximate surface area is 128 Å². The highest BCUT2D eigenvalue weighted by Gasteiger charge is 2.32. The maximum Gasteiger partial charge on any atom is 0.110 e. The molecule has 0 amide bonds. The van der Waals surface area contributed by atoms with Crippen molar-refractivity contribution in [3.8, 4) is 6.07 Å². The van der Waals surface area contributed by atoms with E-state index in [0.29, 0.717) is 5.92 Å². The first-order valence-electron chi connectivity index (χ1n) is 7.42. The average Bonchev–Trinajstić information content (AvgIpc) is 2.85. The van der Waals surface area contributed by atoms with E-state index in [1.54, 1.807) is 0 Å². The fourth-order valence-corrected chi connectivity index (χ4v) is 4.52. The van der Waals surface area contributed by atoms with Gasteiger partial charge in [-0.05, 0) is 24.1 Å². The van der Waals surface area contributed by atoms with Crippen LogP contribution in [0, 0.1) is 11.3 Å². The highest BCUT2D eigenvalue weighted by molar-refractivity contribution is 7.16. The summed E-state index contributed by atoms with van der Waals surface area (Å²) in [5, 5.41) is 14.1. The molecule has 0 bridgehead atoms. The molecular formula is C17H17N3S. The Morgan fingerprint density at radius 2 is 2.05 bits per heavy atom. The van der Waals surface area contributed by atoms with Crippen LogP contribution in [-0.4, -0.2) is 19.6 Å². The number of fused-ring (bicyclic) bond motifs is 1. The first-order valence-corrected chi connectivity index (χ1v) is 8.23. The predicted molar refractivity (Wildman–Crippen MR) is 85.8 cm³/mol. The average molecular weight is 295 g/mol. The van der Waals surface area contributed by atoms with E-state index >= 15 is 0 Å². The Balaban J connectivity index is 1.57. The second-order valence-electron chi connectivity index (χ2n) is 5.74. The summed E-state index contributed by atoms with van der Waals surface area (Å²) in [6, 6.07) is 13.1. The molecule has 1 saturated heterocycles. The van der Waals surface area contributed by atoms with Crippen LogP contribution >= 0.6 is 11.3 Å². The van der Waals surface area contributed by atoms with Gasteiger partial charge in [0.25, 0.3) is 0 Å². The minimum Gasteiger partial charge on any atom is -0.361 e. The molecule has 4 rings (SSSR count). The molecule has 2 aliphatic heterocycles. The maximum absolute atomic E-state index is 9.52. The van der Waals surface area contributed by atoms with Gasteiger partial charge in [-0.25, -0.2) is 0 Å². The highest BCUT2D eigenvalue weighted by Crippen LogP contribution is 2.41. The number of hydrogen-bond donors (Lipinski definition) is 1. The number of thiophene rings is 1. The summed E-state index contributed by atoms with van der Waals surface area (Å²) in [4.78, 5) is 3.73. The van der Waals surface area contributed by atoms with Crippen LogP contribution in [-0.2, 0) is 13.0 Å². The summed E-state index contributed by atoms with van der Waals surface area (Å²) in [7, 11) is 0. The molecule has 2 aliphatic rings. The van der Waals surface area contributed by atoms with Gasteiger partial charge in [0, 0.05) is 30.4 Å². The minimum atomic E-state index is 0.606. The summed E-state index contributed by atoms with van der Waals surface area (Å²) < 4.78 is 0. The maximum atomic E-state index is 9.52. The van der Waals surface area contributed by atoms with Crippen molar-refractivity contribution >= 4 is 16.3 Å². The molecule has 3 heterocycles. The highest BCUT2D eigenvalue weighted by atomic mass is 32.1. The molecule has 4 heteroatoms. The van der Waals surface area contributed by atoms with Gasteiger partial charge < -0.3 is 10.2 Å². The molecule has 1 aromatic heterocycles. The third-order valence-corrected chi connectivity index (χ3v) is 5.75. The van der Waals surface area contributed by atoms with Crippen molar-refractivity contribution < 1.29 is 0 Å². The molecule has 0 atom stereocenters. The Hall–Kier alpha value is -1.83. The zero-order chi connectivity index (χ0) is 14.2. The molecule has 1 N–H and O–H groups in total. The van der Waals surface area contributed by atoms with Crippen molar-refractivity contribution in [3.63, 3.8) is 0 Å². The number of benzene rings is 1. The topological polar surface area (TPSA) is 39.1 Å². The summed E-state index contributed by atoms with van der Waals surface area (Å²) in [5.41, 5.74) is 3.64. The van der Waals surface area contributed by atoms with Crippen LogP contribution < -0.4 is 10.2 Å². The van der Waals surface area contributed by atoms with E-state index in [9.17, 15) is 5.26 Å². The normalized spacial score (nSPS) is 18.0. The van der Waals surface area contributed by atoms with E-state index in [1.807, 2.05) is 11.3 Å². The lowest BCUT2D eigenvalue weighted by atomic mass is 9.91. The van der Waals surface area contributed by atoms with E-state index in [0.717, 1.165) is 38.2 Å². The smallest absolute Gasteiger partial charge is 0.110 e. The monoisotopic (exact) mass is 295 g/mol. The minimum absolute atomic E-state index is 0.606. The van der Waals surface area contributed by atoms with E-state index < -0.39 is 0 Å². The second kappa shape index (κ2) is 5.18. The van der Waals surface area contributed by atoms with Crippen molar-refractivity contribution in [1.82, 2.24) is 5.32 Å². The lowest BCUT2D eigenvalue weighted by molar-refractivity contribution is 0.528. The molecule has 106 valence electrons. The van der Waals surface area contributed by atoms with Crippen molar-refractivity contribution in [2.24, 2.45) is 0 Å².